The Balaban J connectivity index is 2.15. The maximum atomic E-state index is 10.7. The van der Waals surface area contributed by atoms with Crippen LogP contribution in [-0.2, 0) is 12.0 Å². The molecule has 4 heteroatoms. The highest BCUT2D eigenvalue weighted by molar-refractivity contribution is 9.10. The predicted octanol–water partition coefficient (Wildman–Crippen LogP) is 4.07. The molecule has 0 saturated carbocycles. The Bertz CT molecular complexity index is 560. The lowest BCUT2D eigenvalue weighted by molar-refractivity contribution is 0.0563. The van der Waals surface area contributed by atoms with Crippen molar-refractivity contribution in [1.82, 2.24) is 9.78 Å². The lowest BCUT2D eigenvalue weighted by Gasteiger charge is -2.23. The highest BCUT2D eigenvalue weighted by atomic mass is 79.9. The van der Waals surface area contributed by atoms with Gasteiger partial charge in [-0.15, -0.1) is 0 Å². The molecule has 0 fully saturated rings. The zero-order valence-corrected chi connectivity index (χ0v) is 13.8. The fourth-order valence-electron chi connectivity index (χ4n) is 2.17. The van der Waals surface area contributed by atoms with Gasteiger partial charge < -0.3 is 5.11 Å². The molecule has 2 aromatic rings. The van der Waals surface area contributed by atoms with Gasteiger partial charge in [-0.1, -0.05) is 35.0 Å². The van der Waals surface area contributed by atoms with Crippen molar-refractivity contribution in [3.8, 4) is 0 Å². The fourth-order valence-corrected chi connectivity index (χ4v) is 2.43. The van der Waals surface area contributed by atoms with Gasteiger partial charge in [0.25, 0.3) is 0 Å². The van der Waals surface area contributed by atoms with E-state index in [1.54, 1.807) is 0 Å². The number of nitrogens with zero attached hydrogens (tertiary/aromatic N) is 2. The summed E-state index contributed by atoms with van der Waals surface area (Å²) >= 11 is 3.41. The molecule has 3 nitrogen and oxygen atoms in total. The van der Waals surface area contributed by atoms with Crippen molar-refractivity contribution in [3.63, 3.8) is 0 Å². The van der Waals surface area contributed by atoms with Crippen LogP contribution in [0.2, 0.25) is 0 Å². The van der Waals surface area contributed by atoms with Crippen molar-refractivity contribution < 1.29 is 5.11 Å². The van der Waals surface area contributed by atoms with E-state index in [-0.39, 0.29) is 0 Å². The molecule has 1 aromatic heterocycles. The zero-order valence-electron chi connectivity index (χ0n) is 12.2. The van der Waals surface area contributed by atoms with Gasteiger partial charge in [0, 0.05) is 23.1 Å². The second kappa shape index (κ2) is 6.10. The minimum absolute atomic E-state index is 0.390. The lowest BCUT2D eigenvalue weighted by atomic mass is 9.91. The smallest absolute Gasteiger partial charge is 0.0924 e. The normalized spacial score (nSPS) is 15.8. The summed E-state index contributed by atoms with van der Waals surface area (Å²) in [5, 5.41) is 15.2. The zero-order chi connectivity index (χ0) is 14.8. The maximum absolute atomic E-state index is 10.7. The summed E-state index contributed by atoms with van der Waals surface area (Å²) < 4.78 is 2.98. The third kappa shape index (κ3) is 3.49. The summed E-state index contributed by atoms with van der Waals surface area (Å²) in [6.07, 6.45) is 3.55. The van der Waals surface area contributed by atoms with Crippen molar-refractivity contribution in [2.75, 3.05) is 0 Å². The first-order valence-electron chi connectivity index (χ1n) is 6.95. The topological polar surface area (TPSA) is 38.0 Å². The van der Waals surface area contributed by atoms with Crippen molar-refractivity contribution in [1.29, 1.82) is 0 Å². The van der Waals surface area contributed by atoms with Crippen molar-refractivity contribution in [2.24, 2.45) is 0 Å². The summed E-state index contributed by atoms with van der Waals surface area (Å²) in [5.41, 5.74) is 0.909. The van der Waals surface area contributed by atoms with Gasteiger partial charge in [0.15, 0.2) is 0 Å². The van der Waals surface area contributed by atoms with Gasteiger partial charge in [-0.05, 0) is 44.0 Å². The Morgan fingerprint density at radius 2 is 1.95 bits per heavy atom. The second-order valence-electron chi connectivity index (χ2n) is 5.50. The van der Waals surface area contributed by atoms with Gasteiger partial charge in [0.1, 0.15) is 0 Å². The molecule has 2 atom stereocenters. The van der Waals surface area contributed by atoms with E-state index in [1.807, 2.05) is 48.1 Å². The maximum Gasteiger partial charge on any atom is 0.0924 e. The molecule has 2 rings (SSSR count). The van der Waals surface area contributed by atoms with Gasteiger partial charge in [-0.25, -0.2) is 0 Å². The van der Waals surface area contributed by atoms with E-state index in [0.29, 0.717) is 12.5 Å². The van der Waals surface area contributed by atoms with E-state index < -0.39 is 5.60 Å². The summed E-state index contributed by atoms with van der Waals surface area (Å²) in [6, 6.07) is 10.1. The Hall–Kier alpha value is -1.13. The number of rotatable bonds is 5. The largest absolute Gasteiger partial charge is 0.385 e. The molecule has 0 saturated heterocycles. The van der Waals surface area contributed by atoms with Crippen molar-refractivity contribution in [3.05, 3.63) is 52.3 Å². The van der Waals surface area contributed by atoms with Crippen LogP contribution in [0.3, 0.4) is 0 Å². The van der Waals surface area contributed by atoms with E-state index in [9.17, 15) is 5.11 Å². The first-order chi connectivity index (χ1) is 9.42. The van der Waals surface area contributed by atoms with Crippen LogP contribution in [0.15, 0.2) is 41.0 Å². The van der Waals surface area contributed by atoms with Crippen LogP contribution in [-0.4, -0.2) is 14.9 Å². The Morgan fingerprint density at radius 1 is 1.30 bits per heavy atom. The second-order valence-corrected chi connectivity index (χ2v) is 6.42. The number of hydrogen-bond acceptors (Lipinski definition) is 2. The molecule has 0 aliphatic rings. The molecule has 0 spiro atoms. The average Bonchev–Trinajstić information content (AvgIpc) is 2.86. The lowest BCUT2D eigenvalue weighted by Crippen LogP contribution is -2.24. The molecule has 1 heterocycles. The minimum atomic E-state index is -0.907. The van der Waals surface area contributed by atoms with Crippen LogP contribution in [0, 0.1) is 0 Å². The van der Waals surface area contributed by atoms with Gasteiger partial charge in [-0.3, -0.25) is 4.68 Å². The SMILES string of the molecule is CCC(C)n1ccc(CC(C)(O)c2ccc(Br)cc2)n1. The number of benzene rings is 1. The van der Waals surface area contributed by atoms with E-state index in [4.69, 9.17) is 0 Å². The third-order valence-corrected chi connectivity index (χ3v) is 4.23. The molecule has 0 aliphatic heterocycles. The molecular formula is C16H21BrN2O. The molecular weight excluding hydrogens is 316 g/mol. The molecule has 0 aliphatic carbocycles. The molecule has 2 unspecified atom stereocenters. The average molecular weight is 337 g/mol. The number of aliphatic hydroxyl groups is 1. The monoisotopic (exact) mass is 336 g/mol. The molecule has 108 valence electrons. The van der Waals surface area contributed by atoms with Gasteiger partial charge in [0.2, 0.25) is 0 Å². The quantitative estimate of drug-likeness (QED) is 0.893. The van der Waals surface area contributed by atoms with Crippen LogP contribution >= 0.6 is 15.9 Å². The van der Waals surface area contributed by atoms with E-state index in [2.05, 4.69) is 34.9 Å². The fraction of sp³-hybridized carbons (Fsp3) is 0.438. The number of halogens is 1. The van der Waals surface area contributed by atoms with Crippen molar-refractivity contribution >= 4 is 15.9 Å². The van der Waals surface area contributed by atoms with E-state index >= 15 is 0 Å². The van der Waals surface area contributed by atoms with Crippen LogP contribution in [0.25, 0.3) is 0 Å². The molecule has 1 aromatic carbocycles. The van der Waals surface area contributed by atoms with Crippen LogP contribution in [0.5, 0.6) is 0 Å². The third-order valence-electron chi connectivity index (χ3n) is 3.70. The molecule has 1 N–H and O–H groups in total. The summed E-state index contributed by atoms with van der Waals surface area (Å²) in [4.78, 5) is 0. The molecule has 0 bridgehead atoms. The van der Waals surface area contributed by atoms with Crippen LogP contribution < -0.4 is 0 Å². The van der Waals surface area contributed by atoms with Crippen LogP contribution in [0.1, 0.15) is 44.5 Å². The predicted molar refractivity (Wildman–Crippen MR) is 84.6 cm³/mol. The first-order valence-corrected chi connectivity index (χ1v) is 7.74. The Morgan fingerprint density at radius 3 is 2.55 bits per heavy atom. The summed E-state index contributed by atoms with van der Waals surface area (Å²) in [6.45, 7) is 6.12. The van der Waals surface area contributed by atoms with E-state index in [0.717, 1.165) is 22.2 Å². The summed E-state index contributed by atoms with van der Waals surface area (Å²) in [7, 11) is 0. The Kier molecular flexibility index (Phi) is 4.66. The minimum Gasteiger partial charge on any atom is -0.385 e. The van der Waals surface area contributed by atoms with Gasteiger partial charge >= 0.3 is 0 Å². The molecule has 20 heavy (non-hydrogen) atoms. The van der Waals surface area contributed by atoms with Gasteiger partial charge in [0.05, 0.1) is 11.3 Å². The highest BCUT2D eigenvalue weighted by Gasteiger charge is 2.24. The standard InChI is InChI=1S/C16H21BrN2O/c1-4-12(2)19-10-9-15(18-19)11-16(3,20)13-5-7-14(17)8-6-13/h5-10,12,20H,4,11H2,1-3H3. The first kappa shape index (κ1) is 15.3. The molecule has 0 radical (unpaired) electrons. The van der Waals surface area contributed by atoms with Gasteiger partial charge in [-0.2, -0.15) is 5.10 Å². The van der Waals surface area contributed by atoms with Crippen LogP contribution in [0.4, 0.5) is 0 Å². The Labute approximate surface area is 128 Å². The summed E-state index contributed by atoms with van der Waals surface area (Å²) in [5.74, 6) is 0. The number of hydrogen-bond donors (Lipinski definition) is 1. The highest BCUT2D eigenvalue weighted by Crippen LogP contribution is 2.26. The van der Waals surface area contributed by atoms with Crippen molar-refractivity contribution in [2.45, 2.75) is 45.3 Å². The van der Waals surface area contributed by atoms with E-state index in [1.165, 1.54) is 0 Å². The molecule has 0 amide bonds. The number of aromatic nitrogens is 2.